The van der Waals surface area contributed by atoms with Gasteiger partial charge in [-0.3, -0.25) is 0 Å². The lowest BCUT2D eigenvalue weighted by Crippen LogP contribution is -2.04. The maximum atomic E-state index is 13.8. The van der Waals surface area contributed by atoms with Crippen LogP contribution in [0.3, 0.4) is 0 Å². The molecule has 1 unspecified atom stereocenters. The maximum absolute atomic E-state index is 13.8. The summed E-state index contributed by atoms with van der Waals surface area (Å²) in [5.41, 5.74) is 0.700. The van der Waals surface area contributed by atoms with Gasteiger partial charge in [0.25, 0.3) is 0 Å². The van der Waals surface area contributed by atoms with Crippen LogP contribution in [0, 0.1) is 11.7 Å². The Bertz CT molecular complexity index is 363. The summed E-state index contributed by atoms with van der Waals surface area (Å²) in [4.78, 5) is 0. The Morgan fingerprint density at radius 3 is 2.88 bits per heavy atom. The van der Waals surface area contributed by atoms with Gasteiger partial charge in [-0.25, -0.2) is 4.39 Å². The van der Waals surface area contributed by atoms with E-state index in [1.807, 2.05) is 6.07 Å². The molecule has 1 aliphatic carbocycles. The predicted molar refractivity (Wildman–Crippen MR) is 63.6 cm³/mol. The summed E-state index contributed by atoms with van der Waals surface area (Å²) in [7, 11) is 1.48. The molecule has 16 heavy (non-hydrogen) atoms. The number of hydrogen-bond donors (Lipinski definition) is 0. The molecule has 0 N–H and O–H groups in total. The van der Waals surface area contributed by atoms with Gasteiger partial charge in [0.1, 0.15) is 0 Å². The van der Waals surface area contributed by atoms with Crippen LogP contribution in [-0.4, -0.2) is 12.5 Å². The first-order valence-corrected chi connectivity index (χ1v) is 6.11. The summed E-state index contributed by atoms with van der Waals surface area (Å²) < 4.78 is 18.7. The van der Waals surface area contributed by atoms with Crippen molar-refractivity contribution in [3.05, 3.63) is 29.6 Å². The molecular formula is C13H16ClFO. The van der Waals surface area contributed by atoms with Crippen molar-refractivity contribution < 1.29 is 9.13 Å². The molecule has 0 amide bonds. The fourth-order valence-electron chi connectivity index (χ4n) is 1.89. The Hall–Kier alpha value is -0.760. The number of aryl methyl sites for hydroxylation is 1. The molecule has 1 nitrogen and oxygen atoms in total. The third kappa shape index (κ3) is 2.67. The topological polar surface area (TPSA) is 9.23 Å². The monoisotopic (exact) mass is 242 g/mol. The Morgan fingerprint density at radius 2 is 2.25 bits per heavy atom. The van der Waals surface area contributed by atoms with Crippen LogP contribution in [0.2, 0.25) is 0 Å². The molecule has 1 saturated carbocycles. The van der Waals surface area contributed by atoms with Gasteiger partial charge in [-0.05, 0) is 43.2 Å². The number of hydrogen-bond acceptors (Lipinski definition) is 1. The molecule has 1 fully saturated rings. The Balaban J connectivity index is 1.97. The lowest BCUT2D eigenvalue weighted by atomic mass is 10.1. The zero-order valence-corrected chi connectivity index (χ0v) is 10.1. The van der Waals surface area contributed by atoms with Crippen molar-refractivity contribution in [3.63, 3.8) is 0 Å². The van der Waals surface area contributed by atoms with Gasteiger partial charge >= 0.3 is 0 Å². The van der Waals surface area contributed by atoms with E-state index < -0.39 is 0 Å². The lowest BCUT2D eigenvalue weighted by Gasteiger charge is -2.10. The van der Waals surface area contributed by atoms with E-state index in [2.05, 4.69) is 0 Å². The number of benzene rings is 1. The van der Waals surface area contributed by atoms with Gasteiger partial charge in [-0.2, -0.15) is 0 Å². The maximum Gasteiger partial charge on any atom is 0.168 e. The zero-order valence-electron chi connectivity index (χ0n) is 9.38. The van der Waals surface area contributed by atoms with E-state index in [4.69, 9.17) is 16.3 Å². The van der Waals surface area contributed by atoms with E-state index >= 15 is 0 Å². The minimum Gasteiger partial charge on any atom is -0.494 e. The average molecular weight is 243 g/mol. The number of ether oxygens (including phenoxy) is 1. The second-order valence-corrected chi connectivity index (χ2v) is 4.89. The first-order chi connectivity index (χ1) is 7.72. The molecule has 0 aromatic heterocycles. The fourth-order valence-corrected chi connectivity index (χ4v) is 2.26. The van der Waals surface area contributed by atoms with Crippen molar-refractivity contribution in [1.29, 1.82) is 0 Å². The molecule has 0 radical (unpaired) electrons. The van der Waals surface area contributed by atoms with Crippen LogP contribution in [0.25, 0.3) is 0 Å². The normalized spacial score (nSPS) is 17.2. The highest BCUT2D eigenvalue weighted by Gasteiger charge is 2.29. The molecule has 0 aliphatic heterocycles. The zero-order chi connectivity index (χ0) is 11.5. The summed E-state index contributed by atoms with van der Waals surface area (Å²) in [6, 6.07) is 5.25. The minimum absolute atomic E-state index is 0.200. The van der Waals surface area contributed by atoms with E-state index in [1.165, 1.54) is 20.0 Å². The third-order valence-corrected chi connectivity index (χ3v) is 3.66. The second-order valence-electron chi connectivity index (χ2n) is 4.33. The van der Waals surface area contributed by atoms with Crippen molar-refractivity contribution in [3.8, 4) is 5.75 Å². The molecule has 0 bridgehead atoms. The SMILES string of the molecule is COc1cccc(CCC(Cl)C2CC2)c1F. The Morgan fingerprint density at radius 1 is 1.50 bits per heavy atom. The molecular weight excluding hydrogens is 227 g/mol. The second kappa shape index (κ2) is 5.05. The van der Waals surface area contributed by atoms with E-state index in [1.54, 1.807) is 12.1 Å². The Labute approximate surface area is 101 Å². The summed E-state index contributed by atoms with van der Waals surface area (Å²) in [5, 5.41) is 0.200. The van der Waals surface area contributed by atoms with Crippen molar-refractivity contribution in [2.24, 2.45) is 5.92 Å². The number of rotatable bonds is 5. The van der Waals surface area contributed by atoms with Gasteiger partial charge in [0.2, 0.25) is 0 Å². The predicted octanol–water partition coefficient (Wildman–Crippen LogP) is 3.78. The smallest absolute Gasteiger partial charge is 0.168 e. The van der Waals surface area contributed by atoms with Crippen molar-refractivity contribution >= 4 is 11.6 Å². The highest BCUT2D eigenvalue weighted by atomic mass is 35.5. The molecule has 88 valence electrons. The van der Waals surface area contributed by atoms with Gasteiger partial charge < -0.3 is 4.74 Å². The van der Waals surface area contributed by atoms with Gasteiger partial charge in [-0.1, -0.05) is 12.1 Å². The summed E-state index contributed by atoms with van der Waals surface area (Å²) >= 11 is 6.20. The third-order valence-electron chi connectivity index (χ3n) is 3.09. The van der Waals surface area contributed by atoms with E-state index in [9.17, 15) is 4.39 Å². The highest BCUT2D eigenvalue weighted by Crippen LogP contribution is 2.37. The minimum atomic E-state index is -0.246. The van der Waals surface area contributed by atoms with Crippen molar-refractivity contribution in [1.82, 2.24) is 0 Å². The average Bonchev–Trinajstić information content (AvgIpc) is 3.11. The fraction of sp³-hybridized carbons (Fsp3) is 0.538. The van der Waals surface area contributed by atoms with Crippen molar-refractivity contribution in [2.75, 3.05) is 7.11 Å². The van der Waals surface area contributed by atoms with E-state index in [0.29, 0.717) is 23.7 Å². The first kappa shape index (κ1) is 11.7. The molecule has 0 saturated heterocycles. The van der Waals surface area contributed by atoms with Gasteiger partial charge in [0.15, 0.2) is 11.6 Å². The largest absolute Gasteiger partial charge is 0.494 e. The molecule has 1 aromatic rings. The summed E-state index contributed by atoms with van der Waals surface area (Å²) in [6.45, 7) is 0. The van der Waals surface area contributed by atoms with Crippen LogP contribution >= 0.6 is 11.6 Å². The quantitative estimate of drug-likeness (QED) is 0.714. The molecule has 1 atom stereocenters. The van der Waals surface area contributed by atoms with E-state index in [0.717, 1.165) is 6.42 Å². The lowest BCUT2D eigenvalue weighted by molar-refractivity contribution is 0.384. The van der Waals surface area contributed by atoms with Crippen LogP contribution in [0.1, 0.15) is 24.8 Å². The van der Waals surface area contributed by atoms with E-state index in [-0.39, 0.29) is 11.2 Å². The number of alkyl halides is 1. The molecule has 0 heterocycles. The van der Waals surface area contributed by atoms with Gasteiger partial charge in [-0.15, -0.1) is 11.6 Å². The Kier molecular flexibility index (Phi) is 3.70. The highest BCUT2D eigenvalue weighted by molar-refractivity contribution is 6.20. The van der Waals surface area contributed by atoms with Gasteiger partial charge in [0, 0.05) is 5.38 Å². The summed E-state index contributed by atoms with van der Waals surface area (Å²) in [6.07, 6.45) is 3.99. The first-order valence-electron chi connectivity index (χ1n) is 5.68. The molecule has 0 spiro atoms. The number of methoxy groups -OCH3 is 1. The van der Waals surface area contributed by atoms with Crippen LogP contribution in [0.5, 0.6) is 5.75 Å². The number of halogens is 2. The van der Waals surface area contributed by atoms with Crippen LogP contribution in [0.15, 0.2) is 18.2 Å². The van der Waals surface area contributed by atoms with Gasteiger partial charge in [0.05, 0.1) is 7.11 Å². The summed E-state index contributed by atoms with van der Waals surface area (Å²) in [5.74, 6) is 0.732. The molecule has 1 aliphatic rings. The molecule has 3 heteroatoms. The molecule has 1 aromatic carbocycles. The van der Waals surface area contributed by atoms with Crippen LogP contribution in [0.4, 0.5) is 4.39 Å². The molecule has 2 rings (SSSR count). The standard InChI is InChI=1S/C13H16ClFO/c1-16-12-4-2-3-10(13(12)15)7-8-11(14)9-5-6-9/h2-4,9,11H,5-8H2,1H3. The van der Waals surface area contributed by atoms with Crippen molar-refractivity contribution in [2.45, 2.75) is 31.1 Å². The van der Waals surface area contributed by atoms with Crippen LogP contribution in [-0.2, 0) is 6.42 Å². The van der Waals surface area contributed by atoms with Crippen LogP contribution < -0.4 is 4.74 Å².